The van der Waals surface area contributed by atoms with E-state index in [1.54, 1.807) is 0 Å². The Balaban J connectivity index is 2.15. The number of hydrogen-bond donors (Lipinski definition) is 1. The van der Waals surface area contributed by atoms with Gasteiger partial charge in [0.1, 0.15) is 0 Å². The van der Waals surface area contributed by atoms with E-state index in [1.807, 2.05) is 36.1 Å². The molecule has 0 radical (unpaired) electrons. The van der Waals surface area contributed by atoms with Crippen LogP contribution >= 0.6 is 0 Å². The van der Waals surface area contributed by atoms with Crippen LogP contribution < -0.4 is 5.73 Å². The summed E-state index contributed by atoms with van der Waals surface area (Å²) in [5, 5.41) is 0. The molecule has 1 aromatic carbocycles. The highest BCUT2D eigenvalue weighted by Gasteiger charge is 2.27. The fourth-order valence-corrected chi connectivity index (χ4v) is 2.30. The summed E-state index contributed by atoms with van der Waals surface area (Å²) in [5.41, 5.74) is 7.44. The Kier molecular flexibility index (Phi) is 4.33. The monoisotopic (exact) mass is 248 g/mol. The lowest BCUT2D eigenvalue weighted by Gasteiger charge is -2.35. The quantitative estimate of drug-likeness (QED) is 0.874. The van der Waals surface area contributed by atoms with Crippen molar-refractivity contribution in [2.24, 2.45) is 5.73 Å². The predicted molar refractivity (Wildman–Crippen MR) is 70.5 cm³/mol. The molecule has 1 unspecified atom stereocenters. The normalized spacial score (nSPS) is 19.9. The molecular formula is C14H20N2O2. The molecule has 1 aliphatic rings. The molecule has 1 fully saturated rings. The number of aryl methyl sites for hydroxylation is 1. The maximum absolute atomic E-state index is 12.5. The molecule has 4 heteroatoms. The maximum Gasteiger partial charge on any atom is 0.254 e. The molecule has 1 amide bonds. The molecule has 4 nitrogen and oxygen atoms in total. The topological polar surface area (TPSA) is 55.6 Å². The number of morpholine rings is 1. The lowest BCUT2D eigenvalue weighted by molar-refractivity contribution is -0.00344. The number of ether oxygens (including phenoxy) is 1. The first-order valence-corrected chi connectivity index (χ1v) is 6.38. The number of carbonyl (C=O) groups excluding carboxylic acids is 1. The summed E-state index contributed by atoms with van der Waals surface area (Å²) in [6.07, 6.45) is 0.789. The average molecular weight is 248 g/mol. The Morgan fingerprint density at radius 1 is 1.56 bits per heavy atom. The Labute approximate surface area is 108 Å². The van der Waals surface area contributed by atoms with Crippen molar-refractivity contribution >= 4 is 5.91 Å². The molecule has 1 aromatic rings. The van der Waals surface area contributed by atoms with Gasteiger partial charge in [-0.3, -0.25) is 4.79 Å². The van der Waals surface area contributed by atoms with E-state index in [4.69, 9.17) is 10.5 Å². The smallest absolute Gasteiger partial charge is 0.254 e. The molecular weight excluding hydrogens is 228 g/mol. The fourth-order valence-electron chi connectivity index (χ4n) is 2.30. The molecule has 0 aromatic heterocycles. The third-order valence-corrected chi connectivity index (χ3v) is 3.25. The van der Waals surface area contributed by atoms with Gasteiger partial charge in [0.15, 0.2) is 0 Å². The first-order valence-electron chi connectivity index (χ1n) is 6.38. The van der Waals surface area contributed by atoms with E-state index in [9.17, 15) is 4.79 Å². The molecule has 1 heterocycles. The van der Waals surface area contributed by atoms with Gasteiger partial charge in [-0.25, -0.2) is 0 Å². The third-order valence-electron chi connectivity index (χ3n) is 3.25. The van der Waals surface area contributed by atoms with Crippen LogP contribution in [0.15, 0.2) is 24.3 Å². The molecule has 1 aliphatic heterocycles. The first kappa shape index (κ1) is 13.1. The minimum absolute atomic E-state index is 0.0838. The van der Waals surface area contributed by atoms with Gasteiger partial charge in [-0.05, 0) is 32.0 Å². The third kappa shape index (κ3) is 2.89. The minimum atomic E-state index is 0.0838. The SMILES string of the molecule is Cc1cccc(C(=O)N2CCOCC2CCN)c1. The summed E-state index contributed by atoms with van der Waals surface area (Å²) in [5.74, 6) is 0.0838. The molecule has 98 valence electrons. The average Bonchev–Trinajstić information content (AvgIpc) is 2.39. The van der Waals surface area contributed by atoms with Crippen LogP contribution in [0.4, 0.5) is 0 Å². The second kappa shape index (κ2) is 5.98. The lowest BCUT2D eigenvalue weighted by atomic mass is 10.1. The number of rotatable bonds is 3. The summed E-state index contributed by atoms with van der Waals surface area (Å²) in [4.78, 5) is 14.4. The molecule has 2 N–H and O–H groups in total. The van der Waals surface area contributed by atoms with Gasteiger partial charge in [0.05, 0.1) is 19.3 Å². The molecule has 2 rings (SSSR count). The van der Waals surface area contributed by atoms with E-state index < -0.39 is 0 Å². The fraction of sp³-hybridized carbons (Fsp3) is 0.500. The summed E-state index contributed by atoms with van der Waals surface area (Å²) in [6.45, 7) is 4.42. The minimum Gasteiger partial charge on any atom is -0.377 e. The molecule has 0 bridgehead atoms. The van der Waals surface area contributed by atoms with Crippen LogP contribution in [0.5, 0.6) is 0 Å². The van der Waals surface area contributed by atoms with Gasteiger partial charge >= 0.3 is 0 Å². The standard InChI is InChI=1S/C14H20N2O2/c1-11-3-2-4-12(9-11)14(17)16-7-8-18-10-13(16)5-6-15/h2-4,9,13H,5-8,10,15H2,1H3. The van der Waals surface area contributed by atoms with Crippen molar-refractivity contribution in [3.05, 3.63) is 35.4 Å². The Morgan fingerprint density at radius 2 is 2.39 bits per heavy atom. The summed E-state index contributed by atoms with van der Waals surface area (Å²) >= 11 is 0. The summed E-state index contributed by atoms with van der Waals surface area (Å²) in [6, 6.07) is 7.81. The van der Waals surface area contributed by atoms with Gasteiger partial charge in [0.25, 0.3) is 5.91 Å². The van der Waals surface area contributed by atoms with Gasteiger partial charge in [0.2, 0.25) is 0 Å². The van der Waals surface area contributed by atoms with Gasteiger partial charge < -0.3 is 15.4 Å². The predicted octanol–water partition coefficient (Wildman–Crippen LogP) is 1.18. The largest absolute Gasteiger partial charge is 0.377 e. The maximum atomic E-state index is 12.5. The summed E-state index contributed by atoms with van der Waals surface area (Å²) in [7, 11) is 0. The summed E-state index contributed by atoms with van der Waals surface area (Å²) < 4.78 is 5.43. The van der Waals surface area contributed by atoms with Crippen molar-refractivity contribution in [1.82, 2.24) is 4.90 Å². The van der Waals surface area contributed by atoms with Gasteiger partial charge in [-0.2, -0.15) is 0 Å². The molecule has 0 spiro atoms. The highest BCUT2D eigenvalue weighted by molar-refractivity contribution is 5.94. The number of nitrogens with zero attached hydrogens (tertiary/aromatic N) is 1. The van der Waals surface area contributed by atoms with Gasteiger partial charge in [-0.1, -0.05) is 17.7 Å². The van der Waals surface area contributed by atoms with Crippen LogP contribution in [0.3, 0.4) is 0 Å². The second-order valence-electron chi connectivity index (χ2n) is 4.67. The highest BCUT2D eigenvalue weighted by Crippen LogP contribution is 2.15. The second-order valence-corrected chi connectivity index (χ2v) is 4.67. The zero-order chi connectivity index (χ0) is 13.0. The first-order chi connectivity index (χ1) is 8.72. The van der Waals surface area contributed by atoms with Crippen LogP contribution in [0.25, 0.3) is 0 Å². The molecule has 1 saturated heterocycles. The van der Waals surface area contributed by atoms with Crippen LogP contribution in [-0.2, 0) is 4.74 Å². The van der Waals surface area contributed by atoms with Gasteiger partial charge in [0, 0.05) is 12.1 Å². The number of amides is 1. The number of nitrogens with two attached hydrogens (primary N) is 1. The van der Waals surface area contributed by atoms with Gasteiger partial charge in [-0.15, -0.1) is 0 Å². The number of carbonyl (C=O) groups is 1. The Bertz CT molecular complexity index is 418. The number of hydrogen-bond acceptors (Lipinski definition) is 3. The Morgan fingerprint density at radius 3 is 3.11 bits per heavy atom. The van der Waals surface area contributed by atoms with E-state index in [1.165, 1.54) is 0 Å². The van der Waals surface area contributed by atoms with Crippen molar-refractivity contribution in [3.63, 3.8) is 0 Å². The van der Waals surface area contributed by atoms with E-state index in [0.29, 0.717) is 26.3 Å². The molecule has 1 atom stereocenters. The molecule has 0 saturated carbocycles. The van der Waals surface area contributed by atoms with Crippen LogP contribution in [0, 0.1) is 6.92 Å². The van der Waals surface area contributed by atoms with Crippen molar-refractivity contribution in [2.75, 3.05) is 26.3 Å². The van der Waals surface area contributed by atoms with E-state index >= 15 is 0 Å². The lowest BCUT2D eigenvalue weighted by Crippen LogP contribution is -2.49. The zero-order valence-electron chi connectivity index (χ0n) is 10.8. The van der Waals surface area contributed by atoms with E-state index in [2.05, 4.69) is 0 Å². The number of benzene rings is 1. The van der Waals surface area contributed by atoms with Crippen molar-refractivity contribution in [1.29, 1.82) is 0 Å². The van der Waals surface area contributed by atoms with E-state index in [0.717, 1.165) is 17.5 Å². The van der Waals surface area contributed by atoms with Crippen LogP contribution in [0.1, 0.15) is 22.3 Å². The zero-order valence-corrected chi connectivity index (χ0v) is 10.8. The van der Waals surface area contributed by atoms with Crippen LogP contribution in [-0.4, -0.2) is 43.2 Å². The van der Waals surface area contributed by atoms with Crippen molar-refractivity contribution in [3.8, 4) is 0 Å². The van der Waals surface area contributed by atoms with E-state index in [-0.39, 0.29) is 11.9 Å². The van der Waals surface area contributed by atoms with Crippen molar-refractivity contribution in [2.45, 2.75) is 19.4 Å². The molecule has 0 aliphatic carbocycles. The Hall–Kier alpha value is -1.39. The van der Waals surface area contributed by atoms with Crippen LogP contribution in [0.2, 0.25) is 0 Å². The highest BCUT2D eigenvalue weighted by atomic mass is 16.5. The molecule has 18 heavy (non-hydrogen) atoms. The van der Waals surface area contributed by atoms with Crippen molar-refractivity contribution < 1.29 is 9.53 Å².